The summed E-state index contributed by atoms with van der Waals surface area (Å²) >= 11 is 3.51. The van der Waals surface area contributed by atoms with E-state index in [1.54, 1.807) is 23.1 Å². The number of pyridine rings is 1. The van der Waals surface area contributed by atoms with Gasteiger partial charge >= 0.3 is 0 Å². The van der Waals surface area contributed by atoms with Gasteiger partial charge in [-0.25, -0.2) is 9.97 Å². The zero-order chi connectivity index (χ0) is 20.8. The lowest BCUT2D eigenvalue weighted by atomic mass is 9.87. The third-order valence-electron chi connectivity index (χ3n) is 5.92. The van der Waals surface area contributed by atoms with Gasteiger partial charge in [-0.3, -0.25) is 4.40 Å². The van der Waals surface area contributed by atoms with Gasteiger partial charge in [0.05, 0.1) is 5.52 Å². The number of thioether (sulfide) groups is 1. The summed E-state index contributed by atoms with van der Waals surface area (Å²) in [6.07, 6.45) is 8.96. The van der Waals surface area contributed by atoms with Crippen LogP contribution in [0.25, 0.3) is 26.1 Å². The van der Waals surface area contributed by atoms with E-state index in [1.165, 1.54) is 41.5 Å². The second-order valence-electron chi connectivity index (χ2n) is 9.23. The molecule has 4 heterocycles. The summed E-state index contributed by atoms with van der Waals surface area (Å²) in [5, 5.41) is 11.2. The van der Waals surface area contributed by atoms with Crippen molar-refractivity contribution in [3.63, 3.8) is 0 Å². The van der Waals surface area contributed by atoms with E-state index in [9.17, 15) is 0 Å². The molecule has 0 bridgehead atoms. The molecule has 0 atom stereocenters. The third-order valence-corrected chi connectivity index (χ3v) is 7.96. The van der Waals surface area contributed by atoms with Crippen molar-refractivity contribution in [2.24, 2.45) is 11.8 Å². The van der Waals surface area contributed by atoms with Crippen molar-refractivity contribution < 1.29 is 0 Å². The highest BCUT2D eigenvalue weighted by atomic mass is 32.2. The zero-order valence-electron chi connectivity index (χ0n) is 18.2. The van der Waals surface area contributed by atoms with E-state index >= 15 is 0 Å². The summed E-state index contributed by atoms with van der Waals surface area (Å²) in [5.74, 6) is 2.36. The Balaban J connectivity index is 1.67. The topological polar surface area (TPSA) is 56.0 Å². The van der Waals surface area contributed by atoms with Crippen molar-refractivity contribution in [1.82, 2.24) is 24.6 Å². The van der Waals surface area contributed by atoms with Crippen molar-refractivity contribution >= 4 is 49.2 Å². The van der Waals surface area contributed by atoms with Crippen LogP contribution in [0.3, 0.4) is 0 Å². The summed E-state index contributed by atoms with van der Waals surface area (Å²) in [6.45, 7) is 9.08. The van der Waals surface area contributed by atoms with Gasteiger partial charge in [-0.05, 0) is 61.5 Å². The lowest BCUT2D eigenvalue weighted by Crippen LogP contribution is -2.11. The highest BCUT2D eigenvalue weighted by molar-refractivity contribution is 7.99. The molecule has 0 amide bonds. The molecule has 5 nitrogen and oxygen atoms in total. The second-order valence-corrected chi connectivity index (χ2v) is 11.3. The number of aryl methyl sites for hydroxylation is 1. The minimum Gasteiger partial charge on any atom is -0.259 e. The minimum absolute atomic E-state index is 0.613. The van der Waals surface area contributed by atoms with Crippen LogP contribution < -0.4 is 0 Å². The van der Waals surface area contributed by atoms with Crippen molar-refractivity contribution in [3.8, 4) is 0 Å². The molecule has 0 unspecified atom stereocenters. The van der Waals surface area contributed by atoms with Crippen LogP contribution in [0.1, 0.15) is 63.8 Å². The Morgan fingerprint density at radius 1 is 1.07 bits per heavy atom. The third kappa shape index (κ3) is 3.50. The lowest BCUT2D eigenvalue weighted by Gasteiger charge is -2.20. The molecule has 4 aromatic rings. The molecule has 0 aromatic carbocycles. The standard InChI is InChI=1S/C23H29N5S2/c1-13(2)9-10-29-23-27-26-21-20-19(24-12-28(21)23)18-16-8-6-5-7-15(16)17(11-14(3)4)25-22(18)30-20/h12-14H,5-11H2,1-4H3. The maximum absolute atomic E-state index is 5.16. The number of hydrogen-bond acceptors (Lipinski definition) is 6. The van der Waals surface area contributed by atoms with Gasteiger partial charge in [0.15, 0.2) is 10.8 Å². The van der Waals surface area contributed by atoms with Crippen molar-refractivity contribution in [1.29, 1.82) is 0 Å². The van der Waals surface area contributed by atoms with E-state index < -0.39 is 0 Å². The van der Waals surface area contributed by atoms with Gasteiger partial charge in [-0.2, -0.15) is 0 Å². The molecular formula is C23H29N5S2. The molecule has 0 N–H and O–H groups in total. The fourth-order valence-corrected chi connectivity index (χ4v) is 6.71. The van der Waals surface area contributed by atoms with Gasteiger partial charge in [0.25, 0.3) is 0 Å². The molecule has 5 rings (SSSR count). The first-order valence-electron chi connectivity index (χ1n) is 11.1. The van der Waals surface area contributed by atoms with Gasteiger partial charge in [-0.1, -0.05) is 39.5 Å². The Kier molecular flexibility index (Phi) is 5.44. The van der Waals surface area contributed by atoms with Gasteiger partial charge < -0.3 is 0 Å². The van der Waals surface area contributed by atoms with Crippen molar-refractivity contribution in [3.05, 3.63) is 23.1 Å². The van der Waals surface area contributed by atoms with Crippen LogP contribution in [0.2, 0.25) is 0 Å². The monoisotopic (exact) mass is 439 g/mol. The number of thiophene rings is 1. The van der Waals surface area contributed by atoms with Crippen LogP contribution in [0, 0.1) is 11.8 Å². The normalized spacial score (nSPS) is 14.6. The first-order chi connectivity index (χ1) is 14.5. The van der Waals surface area contributed by atoms with Gasteiger partial charge in [0.2, 0.25) is 0 Å². The van der Waals surface area contributed by atoms with E-state index in [0.717, 1.165) is 50.9 Å². The van der Waals surface area contributed by atoms with Crippen LogP contribution in [0.5, 0.6) is 0 Å². The lowest BCUT2D eigenvalue weighted by molar-refractivity contribution is 0.615. The molecule has 158 valence electrons. The molecule has 0 radical (unpaired) electrons. The first-order valence-corrected chi connectivity index (χ1v) is 12.9. The Labute approximate surface area is 185 Å². The Bertz CT molecular complexity index is 1220. The van der Waals surface area contributed by atoms with Gasteiger partial charge in [0.1, 0.15) is 15.9 Å². The highest BCUT2D eigenvalue weighted by Gasteiger charge is 2.24. The van der Waals surface area contributed by atoms with Gasteiger partial charge in [0, 0.05) is 16.8 Å². The van der Waals surface area contributed by atoms with Crippen LogP contribution in [0.15, 0.2) is 11.5 Å². The minimum atomic E-state index is 0.613. The van der Waals surface area contributed by atoms with E-state index in [1.807, 2.05) is 6.33 Å². The van der Waals surface area contributed by atoms with Crippen LogP contribution in [-0.4, -0.2) is 30.3 Å². The molecule has 0 saturated carbocycles. The predicted molar refractivity (Wildman–Crippen MR) is 127 cm³/mol. The Morgan fingerprint density at radius 2 is 1.87 bits per heavy atom. The van der Waals surface area contributed by atoms with Gasteiger partial charge in [-0.15, -0.1) is 21.5 Å². The van der Waals surface area contributed by atoms with Crippen LogP contribution in [-0.2, 0) is 19.3 Å². The molecule has 0 aliphatic heterocycles. The summed E-state index contributed by atoms with van der Waals surface area (Å²) in [5.41, 5.74) is 6.29. The van der Waals surface area contributed by atoms with Crippen molar-refractivity contribution in [2.75, 3.05) is 5.75 Å². The molecule has 7 heteroatoms. The number of fused-ring (bicyclic) bond motifs is 7. The average molecular weight is 440 g/mol. The first kappa shape index (κ1) is 20.2. The molecule has 1 aliphatic rings. The molecular weight excluding hydrogens is 410 g/mol. The average Bonchev–Trinajstić information content (AvgIpc) is 3.28. The number of hydrogen-bond donors (Lipinski definition) is 0. The molecule has 30 heavy (non-hydrogen) atoms. The Hall–Kier alpha value is -1.73. The predicted octanol–water partition coefficient (Wildman–Crippen LogP) is 6.10. The van der Waals surface area contributed by atoms with E-state index in [2.05, 4.69) is 42.3 Å². The number of nitrogens with zero attached hydrogens (tertiary/aromatic N) is 5. The molecule has 0 saturated heterocycles. The number of rotatable bonds is 6. The molecule has 0 spiro atoms. The molecule has 1 aliphatic carbocycles. The summed E-state index contributed by atoms with van der Waals surface area (Å²) in [7, 11) is 0. The molecule has 4 aromatic heterocycles. The van der Waals surface area contributed by atoms with E-state index in [4.69, 9.17) is 9.97 Å². The fourth-order valence-electron chi connectivity index (χ4n) is 4.42. The van der Waals surface area contributed by atoms with Crippen molar-refractivity contribution in [2.45, 2.75) is 71.4 Å². The fraction of sp³-hybridized carbons (Fsp3) is 0.565. The smallest absolute Gasteiger partial charge is 0.196 e. The largest absolute Gasteiger partial charge is 0.259 e. The Morgan fingerprint density at radius 3 is 2.63 bits per heavy atom. The summed E-state index contributed by atoms with van der Waals surface area (Å²) < 4.78 is 3.18. The maximum atomic E-state index is 5.16. The number of aromatic nitrogens is 5. The quantitative estimate of drug-likeness (QED) is 0.340. The van der Waals surface area contributed by atoms with Crippen LogP contribution in [0.4, 0.5) is 0 Å². The SMILES string of the molecule is CC(C)CCSc1nnc2c3sc4nc(CC(C)C)c5c(c4c3ncn12)CCCC5. The maximum Gasteiger partial charge on any atom is 0.196 e. The second kappa shape index (κ2) is 8.08. The summed E-state index contributed by atoms with van der Waals surface area (Å²) in [6, 6.07) is 0. The summed E-state index contributed by atoms with van der Waals surface area (Å²) in [4.78, 5) is 11.2. The molecule has 0 fully saturated rings. The van der Waals surface area contributed by atoms with E-state index in [0.29, 0.717) is 11.8 Å². The highest BCUT2D eigenvalue weighted by Crippen LogP contribution is 2.40. The van der Waals surface area contributed by atoms with E-state index in [-0.39, 0.29) is 0 Å². The zero-order valence-corrected chi connectivity index (χ0v) is 19.9. The van der Waals surface area contributed by atoms with Crippen LogP contribution >= 0.6 is 23.1 Å².